The maximum atomic E-state index is 12.4. The summed E-state index contributed by atoms with van der Waals surface area (Å²) in [6.45, 7) is 4.35. The van der Waals surface area contributed by atoms with Gasteiger partial charge in [-0.2, -0.15) is 8.42 Å². The third kappa shape index (κ3) is 29.2. The molecule has 4 N–H and O–H groups in total. The quantitative estimate of drug-likeness (QED) is 0.0341. The summed E-state index contributed by atoms with van der Waals surface area (Å²) in [6, 6.07) is -1.23. The van der Waals surface area contributed by atoms with Gasteiger partial charge < -0.3 is 15.5 Å². The van der Waals surface area contributed by atoms with Crippen LogP contribution in [-0.4, -0.2) is 53.1 Å². The van der Waals surface area contributed by atoms with E-state index in [-0.39, 0.29) is 6.42 Å². The molecule has 0 heterocycles. The van der Waals surface area contributed by atoms with Crippen molar-refractivity contribution in [2.45, 2.75) is 180 Å². The maximum Gasteiger partial charge on any atom is 0.267 e. The highest BCUT2D eigenvalue weighted by Gasteiger charge is 2.27. The van der Waals surface area contributed by atoms with Crippen molar-refractivity contribution < 1.29 is 28.0 Å². The van der Waals surface area contributed by atoms with E-state index in [0.717, 1.165) is 70.6 Å². The van der Waals surface area contributed by atoms with E-state index in [0.29, 0.717) is 6.42 Å². The molecular weight excluding hydrogens is 574 g/mol. The summed E-state index contributed by atoms with van der Waals surface area (Å²) in [5, 5.41) is 23.0. The number of nitrogens with one attached hydrogen (secondary N) is 1. The first-order valence-electron chi connectivity index (χ1n) is 17.8. The molecule has 0 fully saturated rings. The molecule has 0 saturated carbocycles. The van der Waals surface area contributed by atoms with Crippen molar-refractivity contribution in [2.75, 3.05) is 5.75 Å². The van der Waals surface area contributed by atoms with Gasteiger partial charge in [0.1, 0.15) is 6.10 Å². The molecule has 0 radical (unpaired) electrons. The number of allylic oxidation sites excluding steroid dienone is 5. The second-order valence-corrected chi connectivity index (χ2v) is 13.8. The van der Waals surface area contributed by atoms with Crippen molar-refractivity contribution in [3.63, 3.8) is 0 Å². The van der Waals surface area contributed by atoms with E-state index in [1.807, 2.05) is 0 Å². The lowest BCUT2D eigenvalue weighted by Gasteiger charge is -2.22. The topological polar surface area (TPSA) is 124 Å². The van der Waals surface area contributed by atoms with Crippen LogP contribution in [0.15, 0.2) is 36.5 Å². The van der Waals surface area contributed by atoms with Gasteiger partial charge in [0.25, 0.3) is 10.1 Å². The number of hydrogen-bond acceptors (Lipinski definition) is 5. The van der Waals surface area contributed by atoms with Crippen LogP contribution in [0.2, 0.25) is 0 Å². The number of amides is 1. The Balaban J connectivity index is 3.90. The lowest BCUT2D eigenvalue weighted by atomic mass is 10.0. The third-order valence-electron chi connectivity index (χ3n) is 7.92. The molecule has 0 bridgehead atoms. The average molecular weight is 642 g/mol. The molecule has 44 heavy (non-hydrogen) atoms. The minimum Gasteiger partial charge on any atom is -0.387 e. The van der Waals surface area contributed by atoms with Crippen molar-refractivity contribution in [1.29, 1.82) is 0 Å². The fourth-order valence-electron chi connectivity index (χ4n) is 5.13. The van der Waals surface area contributed by atoms with Gasteiger partial charge in [-0.1, -0.05) is 147 Å². The Morgan fingerprint density at radius 1 is 0.636 bits per heavy atom. The normalized spacial score (nSPS) is 14.6. The highest BCUT2D eigenvalue weighted by molar-refractivity contribution is 7.85. The molecule has 0 aliphatic heterocycles. The molecule has 0 aromatic rings. The minimum absolute atomic E-state index is 0.267. The van der Waals surface area contributed by atoms with Gasteiger partial charge in [-0.25, -0.2) is 0 Å². The van der Waals surface area contributed by atoms with Crippen molar-refractivity contribution in [3.05, 3.63) is 36.5 Å². The lowest BCUT2D eigenvalue weighted by Crippen LogP contribution is -2.50. The van der Waals surface area contributed by atoms with E-state index >= 15 is 0 Å². The average Bonchev–Trinajstić information content (AvgIpc) is 2.98. The molecule has 0 saturated heterocycles. The Bertz CT molecular complexity index is 855. The molecule has 0 aromatic carbocycles. The first-order valence-corrected chi connectivity index (χ1v) is 19.4. The van der Waals surface area contributed by atoms with Gasteiger partial charge in [-0.3, -0.25) is 9.35 Å². The number of rotatable bonds is 31. The summed E-state index contributed by atoms with van der Waals surface area (Å²) in [4.78, 5) is 12.4. The zero-order valence-corrected chi connectivity index (χ0v) is 29.0. The van der Waals surface area contributed by atoms with Crippen molar-refractivity contribution in [1.82, 2.24) is 5.32 Å². The Hall–Kier alpha value is -1.48. The number of unbranched alkanes of at least 4 members (excludes halogenated alkanes) is 18. The SMILES string of the molecule is CCCCC/C=C/C(O)C(CS(=O)(=O)O)NC(=O)C(O)CCCCCCCC/C=C\C/C=C\CCCCCCCCCCC. The van der Waals surface area contributed by atoms with Crippen LogP contribution >= 0.6 is 0 Å². The van der Waals surface area contributed by atoms with Crippen LogP contribution in [0.3, 0.4) is 0 Å². The van der Waals surface area contributed by atoms with Crippen LogP contribution in [0.1, 0.15) is 162 Å². The molecule has 3 unspecified atom stereocenters. The van der Waals surface area contributed by atoms with E-state index in [9.17, 15) is 28.0 Å². The summed E-state index contributed by atoms with van der Waals surface area (Å²) in [5.41, 5.74) is 0. The van der Waals surface area contributed by atoms with Gasteiger partial charge >= 0.3 is 0 Å². The summed E-state index contributed by atoms with van der Waals surface area (Å²) < 4.78 is 32.0. The molecule has 0 aromatic heterocycles. The molecule has 0 aliphatic rings. The van der Waals surface area contributed by atoms with Gasteiger partial charge in [0.05, 0.1) is 17.9 Å². The van der Waals surface area contributed by atoms with Crippen LogP contribution in [0.5, 0.6) is 0 Å². The van der Waals surface area contributed by atoms with Crippen LogP contribution in [0, 0.1) is 0 Å². The number of carbonyl (C=O) groups excluding carboxylic acids is 1. The second-order valence-electron chi connectivity index (χ2n) is 12.3. The van der Waals surface area contributed by atoms with E-state index in [2.05, 4.69) is 43.5 Å². The van der Waals surface area contributed by atoms with Gasteiger partial charge in [0.15, 0.2) is 0 Å². The zero-order chi connectivity index (χ0) is 32.7. The van der Waals surface area contributed by atoms with Crippen molar-refractivity contribution >= 4 is 16.0 Å². The molecule has 7 nitrogen and oxygen atoms in total. The van der Waals surface area contributed by atoms with Crippen LogP contribution in [-0.2, 0) is 14.9 Å². The van der Waals surface area contributed by atoms with Crippen molar-refractivity contribution in [2.24, 2.45) is 0 Å². The van der Waals surface area contributed by atoms with Gasteiger partial charge in [-0.15, -0.1) is 0 Å². The first-order chi connectivity index (χ1) is 21.2. The Morgan fingerprint density at radius 3 is 1.59 bits per heavy atom. The molecule has 1 amide bonds. The molecule has 0 rings (SSSR count). The van der Waals surface area contributed by atoms with Crippen molar-refractivity contribution in [3.8, 4) is 0 Å². The second kappa shape index (κ2) is 30.2. The van der Waals surface area contributed by atoms with E-state index in [1.165, 1.54) is 70.3 Å². The molecule has 3 atom stereocenters. The standard InChI is InChI=1S/C36H67NO6S/c1-3-5-7-9-10-11-12-13-14-15-16-17-18-19-20-21-22-23-24-25-27-29-31-35(39)36(40)37-33(32-44(41,42)43)34(38)30-28-26-8-6-4-2/h16-17,19-20,28,30,33-35,38-39H,3-15,18,21-27,29,31-32H2,1-2H3,(H,37,40)(H,41,42,43)/b17-16-,20-19-,30-28+. The fourth-order valence-corrected chi connectivity index (χ4v) is 5.87. The van der Waals surface area contributed by atoms with Gasteiger partial charge in [-0.05, 0) is 51.4 Å². The molecule has 0 aliphatic carbocycles. The van der Waals surface area contributed by atoms with Gasteiger partial charge in [0, 0.05) is 0 Å². The summed E-state index contributed by atoms with van der Waals surface area (Å²) >= 11 is 0. The number of carbonyl (C=O) groups is 1. The van der Waals surface area contributed by atoms with E-state index < -0.39 is 40.0 Å². The summed E-state index contributed by atoms with van der Waals surface area (Å²) in [5.74, 6) is -1.56. The number of aliphatic hydroxyl groups is 2. The van der Waals surface area contributed by atoms with E-state index in [1.54, 1.807) is 6.08 Å². The summed E-state index contributed by atoms with van der Waals surface area (Å²) in [6.07, 6.45) is 35.5. The number of aliphatic hydroxyl groups excluding tert-OH is 2. The predicted octanol–water partition coefficient (Wildman–Crippen LogP) is 8.76. The maximum absolute atomic E-state index is 12.4. The molecule has 0 spiro atoms. The largest absolute Gasteiger partial charge is 0.387 e. The molecule has 258 valence electrons. The lowest BCUT2D eigenvalue weighted by molar-refractivity contribution is -0.130. The minimum atomic E-state index is -4.43. The van der Waals surface area contributed by atoms with Crippen LogP contribution in [0.25, 0.3) is 0 Å². The Morgan fingerprint density at radius 2 is 1.07 bits per heavy atom. The Kier molecular flexibility index (Phi) is 29.2. The monoisotopic (exact) mass is 641 g/mol. The van der Waals surface area contributed by atoms with Gasteiger partial charge in [0.2, 0.25) is 5.91 Å². The summed E-state index contributed by atoms with van der Waals surface area (Å²) in [7, 11) is -4.43. The van der Waals surface area contributed by atoms with Crippen LogP contribution < -0.4 is 5.32 Å². The first kappa shape index (κ1) is 42.5. The number of hydrogen-bond donors (Lipinski definition) is 4. The smallest absolute Gasteiger partial charge is 0.267 e. The highest BCUT2D eigenvalue weighted by Crippen LogP contribution is 2.13. The highest BCUT2D eigenvalue weighted by atomic mass is 32.2. The fraction of sp³-hybridized carbons (Fsp3) is 0.806. The third-order valence-corrected chi connectivity index (χ3v) is 8.70. The Labute approximate surface area is 270 Å². The predicted molar refractivity (Wildman–Crippen MR) is 185 cm³/mol. The molecule has 8 heteroatoms. The van der Waals surface area contributed by atoms with E-state index in [4.69, 9.17) is 0 Å². The molecular formula is C36H67NO6S. The zero-order valence-electron chi connectivity index (χ0n) is 28.1. The van der Waals surface area contributed by atoms with Crippen LogP contribution in [0.4, 0.5) is 0 Å².